The molecule has 0 spiro atoms. The number of rotatable bonds is 4. The van der Waals surface area contributed by atoms with Gasteiger partial charge in [0.1, 0.15) is 5.75 Å². The van der Waals surface area contributed by atoms with Crippen molar-refractivity contribution in [1.29, 1.82) is 0 Å². The Morgan fingerprint density at radius 3 is 2.21 bits per heavy atom. The van der Waals surface area contributed by atoms with E-state index >= 15 is 0 Å². The predicted octanol–water partition coefficient (Wildman–Crippen LogP) is 3.89. The molecule has 2 aromatic rings. The monoisotopic (exact) mass is 390 g/mol. The molecular formula is C24H26N2O3. The fourth-order valence-electron chi connectivity index (χ4n) is 4.57. The third kappa shape index (κ3) is 3.58. The number of carbonyl (C=O) groups is 2. The number of allylic oxidation sites excluding steroid dienone is 2. The number of hydrogen-bond donors (Lipinski definition) is 0. The van der Waals surface area contributed by atoms with Gasteiger partial charge in [0, 0.05) is 44.1 Å². The second-order valence-corrected chi connectivity index (χ2v) is 7.88. The molecule has 5 heteroatoms. The Labute approximate surface area is 171 Å². The number of ketones is 1. The van der Waals surface area contributed by atoms with Crippen molar-refractivity contribution < 1.29 is 14.3 Å². The molecule has 0 fully saturated rings. The number of ether oxygens (including phenoxy) is 1. The summed E-state index contributed by atoms with van der Waals surface area (Å²) in [4.78, 5) is 26.4. The highest BCUT2D eigenvalue weighted by atomic mass is 16.5. The van der Waals surface area contributed by atoms with Crippen LogP contribution in [-0.4, -0.2) is 42.9 Å². The van der Waals surface area contributed by atoms with E-state index in [1.54, 1.807) is 17.1 Å². The largest absolute Gasteiger partial charge is 0.497 e. The Morgan fingerprint density at radius 1 is 0.897 bits per heavy atom. The third-order valence-electron chi connectivity index (χ3n) is 5.89. The van der Waals surface area contributed by atoms with E-state index in [-0.39, 0.29) is 23.5 Å². The van der Waals surface area contributed by atoms with E-state index in [1.165, 1.54) is 0 Å². The molecule has 2 aromatic carbocycles. The molecule has 0 radical (unpaired) electrons. The first-order valence-electron chi connectivity index (χ1n) is 9.95. The van der Waals surface area contributed by atoms with Crippen molar-refractivity contribution in [3.8, 4) is 5.75 Å². The standard InChI is InChI=1S/C24H26N2O3/c1-25(2)26-21-13-18(16-7-5-4-6-8-16)14-22(27)24(21)20(15-23(26)28)17-9-11-19(29-3)12-10-17/h4-12,18,20H,13-15H2,1-3H3/t18-,20-/m0/s1. The predicted molar refractivity (Wildman–Crippen MR) is 111 cm³/mol. The van der Waals surface area contributed by atoms with Gasteiger partial charge in [0.25, 0.3) is 0 Å². The molecule has 29 heavy (non-hydrogen) atoms. The minimum Gasteiger partial charge on any atom is -0.497 e. The van der Waals surface area contributed by atoms with Gasteiger partial charge in [-0.25, -0.2) is 10.0 Å². The maximum absolute atomic E-state index is 13.4. The summed E-state index contributed by atoms with van der Waals surface area (Å²) < 4.78 is 5.26. The topological polar surface area (TPSA) is 49.9 Å². The molecule has 0 aromatic heterocycles. The maximum Gasteiger partial charge on any atom is 0.242 e. The molecule has 0 bridgehead atoms. The Hall–Kier alpha value is -2.92. The highest BCUT2D eigenvalue weighted by Gasteiger charge is 2.42. The molecular weight excluding hydrogens is 364 g/mol. The van der Waals surface area contributed by atoms with E-state index in [9.17, 15) is 9.59 Å². The molecule has 150 valence electrons. The molecule has 1 aliphatic heterocycles. The van der Waals surface area contributed by atoms with Crippen molar-refractivity contribution in [3.63, 3.8) is 0 Å². The van der Waals surface area contributed by atoms with Crippen molar-refractivity contribution in [2.75, 3.05) is 21.2 Å². The fraction of sp³-hybridized carbons (Fsp3) is 0.333. The van der Waals surface area contributed by atoms with Gasteiger partial charge < -0.3 is 4.74 Å². The smallest absolute Gasteiger partial charge is 0.242 e. The lowest BCUT2D eigenvalue weighted by Crippen LogP contribution is -2.47. The average molecular weight is 390 g/mol. The zero-order chi connectivity index (χ0) is 20.5. The second kappa shape index (κ2) is 7.84. The molecule has 2 aliphatic rings. The summed E-state index contributed by atoms with van der Waals surface area (Å²) in [5, 5.41) is 3.49. The number of hydrazine groups is 1. The van der Waals surface area contributed by atoms with Crippen LogP contribution in [0.1, 0.15) is 42.2 Å². The number of nitrogens with zero attached hydrogens (tertiary/aromatic N) is 2. The molecule has 1 aliphatic carbocycles. The molecule has 0 saturated heterocycles. The van der Waals surface area contributed by atoms with Crippen molar-refractivity contribution in [3.05, 3.63) is 77.0 Å². The molecule has 0 saturated carbocycles. The fourth-order valence-corrected chi connectivity index (χ4v) is 4.57. The lowest BCUT2D eigenvalue weighted by atomic mass is 9.73. The number of amides is 1. The van der Waals surface area contributed by atoms with Crippen molar-refractivity contribution >= 4 is 11.7 Å². The lowest BCUT2D eigenvalue weighted by molar-refractivity contribution is -0.143. The van der Waals surface area contributed by atoms with E-state index in [2.05, 4.69) is 12.1 Å². The molecule has 0 unspecified atom stereocenters. The number of methoxy groups -OCH3 is 1. The summed E-state index contributed by atoms with van der Waals surface area (Å²) in [7, 11) is 5.34. The second-order valence-electron chi connectivity index (χ2n) is 7.88. The molecule has 4 rings (SSSR count). The van der Waals surface area contributed by atoms with E-state index in [0.29, 0.717) is 19.3 Å². The Bertz CT molecular complexity index is 948. The summed E-state index contributed by atoms with van der Waals surface area (Å²) in [6, 6.07) is 17.8. The summed E-state index contributed by atoms with van der Waals surface area (Å²) in [6.07, 6.45) is 1.46. The molecule has 2 atom stereocenters. The van der Waals surface area contributed by atoms with Crippen LogP contribution in [0.15, 0.2) is 65.9 Å². The van der Waals surface area contributed by atoms with Gasteiger partial charge in [0.15, 0.2) is 5.78 Å². The van der Waals surface area contributed by atoms with Gasteiger partial charge in [-0.2, -0.15) is 0 Å². The summed E-state index contributed by atoms with van der Waals surface area (Å²) in [6.45, 7) is 0. The van der Waals surface area contributed by atoms with Crippen LogP contribution in [0.3, 0.4) is 0 Å². The van der Waals surface area contributed by atoms with Gasteiger partial charge >= 0.3 is 0 Å². The summed E-state index contributed by atoms with van der Waals surface area (Å²) >= 11 is 0. The molecule has 1 amide bonds. The van der Waals surface area contributed by atoms with Crippen LogP contribution >= 0.6 is 0 Å². The van der Waals surface area contributed by atoms with Crippen LogP contribution in [-0.2, 0) is 9.59 Å². The first-order valence-corrected chi connectivity index (χ1v) is 9.95. The molecule has 5 nitrogen and oxygen atoms in total. The summed E-state index contributed by atoms with van der Waals surface area (Å²) in [5.74, 6) is 0.812. The van der Waals surface area contributed by atoms with Crippen LogP contribution in [0.5, 0.6) is 5.75 Å². The van der Waals surface area contributed by atoms with E-state index in [1.807, 2.05) is 56.6 Å². The van der Waals surface area contributed by atoms with Crippen LogP contribution in [0, 0.1) is 0 Å². The van der Waals surface area contributed by atoms with Gasteiger partial charge in [0.2, 0.25) is 5.91 Å². The van der Waals surface area contributed by atoms with Gasteiger partial charge in [0.05, 0.1) is 7.11 Å². The molecule has 1 heterocycles. The molecule has 0 N–H and O–H groups in total. The van der Waals surface area contributed by atoms with Crippen molar-refractivity contribution in [2.24, 2.45) is 0 Å². The third-order valence-corrected chi connectivity index (χ3v) is 5.89. The zero-order valence-electron chi connectivity index (χ0n) is 17.1. The minimum atomic E-state index is -0.205. The van der Waals surface area contributed by atoms with Crippen molar-refractivity contribution in [2.45, 2.75) is 31.1 Å². The highest BCUT2D eigenvalue weighted by Crippen LogP contribution is 2.45. The van der Waals surface area contributed by atoms with E-state index < -0.39 is 0 Å². The Kier molecular flexibility index (Phi) is 5.24. The lowest BCUT2D eigenvalue weighted by Gasteiger charge is -2.42. The van der Waals surface area contributed by atoms with Crippen LogP contribution < -0.4 is 4.74 Å². The normalized spacial score (nSPS) is 22.1. The zero-order valence-corrected chi connectivity index (χ0v) is 17.1. The number of Topliss-reactive ketones (excluding diaryl/α,β-unsaturated/α-hetero) is 1. The van der Waals surface area contributed by atoms with Gasteiger partial charge in [-0.15, -0.1) is 0 Å². The first-order chi connectivity index (χ1) is 14.0. The van der Waals surface area contributed by atoms with Gasteiger partial charge in [-0.3, -0.25) is 9.59 Å². The SMILES string of the molecule is COc1ccc([C@@H]2CC(=O)N(N(C)C)C3=C2C(=O)C[C@@H](c2ccccc2)C3)cc1. The number of carbonyl (C=O) groups excluding carboxylic acids is 2. The first kappa shape index (κ1) is 19.4. The van der Waals surface area contributed by atoms with Gasteiger partial charge in [-0.05, 0) is 35.6 Å². The van der Waals surface area contributed by atoms with E-state index in [0.717, 1.165) is 28.1 Å². The van der Waals surface area contributed by atoms with E-state index in [4.69, 9.17) is 4.74 Å². The minimum absolute atomic E-state index is 0.0241. The quantitative estimate of drug-likeness (QED) is 0.795. The highest BCUT2D eigenvalue weighted by molar-refractivity contribution is 6.02. The summed E-state index contributed by atoms with van der Waals surface area (Å²) in [5.41, 5.74) is 3.76. The van der Waals surface area contributed by atoms with Crippen LogP contribution in [0.2, 0.25) is 0 Å². The average Bonchev–Trinajstić information content (AvgIpc) is 2.73. The number of hydrogen-bond acceptors (Lipinski definition) is 4. The Morgan fingerprint density at radius 2 is 1.59 bits per heavy atom. The van der Waals surface area contributed by atoms with Crippen LogP contribution in [0.25, 0.3) is 0 Å². The van der Waals surface area contributed by atoms with Crippen molar-refractivity contribution in [1.82, 2.24) is 10.0 Å². The van der Waals surface area contributed by atoms with Gasteiger partial charge in [-0.1, -0.05) is 42.5 Å². The Balaban J connectivity index is 1.78. The number of benzene rings is 2. The maximum atomic E-state index is 13.4. The van der Waals surface area contributed by atoms with Crippen LogP contribution in [0.4, 0.5) is 0 Å².